The van der Waals surface area contributed by atoms with Crippen LogP contribution in [0.1, 0.15) is 18.5 Å². The van der Waals surface area contributed by atoms with Gasteiger partial charge >= 0.3 is 11.9 Å². The Hall–Kier alpha value is -3.58. The number of hydrogen-bond donors (Lipinski definition) is 3. The number of nitrogens with one attached hydrogen (secondary N) is 1. The fourth-order valence-corrected chi connectivity index (χ4v) is 2.70. The van der Waals surface area contributed by atoms with Gasteiger partial charge in [0.25, 0.3) is 5.56 Å². The lowest BCUT2D eigenvalue weighted by Crippen LogP contribution is -2.27. The number of carboxylic acids is 1. The minimum Gasteiger partial charge on any atom is -0.481 e. The molecule has 166 valence electrons. The summed E-state index contributed by atoms with van der Waals surface area (Å²) >= 11 is 0. The van der Waals surface area contributed by atoms with Crippen molar-refractivity contribution in [2.45, 2.75) is 38.6 Å². The second kappa shape index (κ2) is 10.4. The van der Waals surface area contributed by atoms with Crippen molar-refractivity contribution in [2.24, 2.45) is 0 Å². The van der Waals surface area contributed by atoms with E-state index in [9.17, 15) is 19.5 Å². The SMILES string of the molecule is O=C(O)CCc1cn(CCC(=O)OC[C@@H](CO)OCn2cnc3c(=O)[nH]cnc32)cn1. The van der Waals surface area contributed by atoms with E-state index in [0.717, 1.165) is 0 Å². The number of aliphatic hydroxyl groups excluding tert-OH is 1. The van der Waals surface area contributed by atoms with Gasteiger partial charge in [-0.1, -0.05) is 0 Å². The lowest BCUT2D eigenvalue weighted by molar-refractivity contribution is -0.150. The van der Waals surface area contributed by atoms with Crippen molar-refractivity contribution in [1.29, 1.82) is 0 Å². The Bertz CT molecular complexity index is 1090. The van der Waals surface area contributed by atoms with E-state index in [2.05, 4.69) is 19.9 Å². The summed E-state index contributed by atoms with van der Waals surface area (Å²) in [4.78, 5) is 48.7. The molecule has 13 heteroatoms. The van der Waals surface area contributed by atoms with Gasteiger partial charge in [0.15, 0.2) is 11.2 Å². The molecule has 1 atom stereocenters. The molecule has 3 aromatic rings. The summed E-state index contributed by atoms with van der Waals surface area (Å²) in [7, 11) is 0. The fraction of sp³-hybridized carbons (Fsp3) is 0.444. The van der Waals surface area contributed by atoms with Crippen LogP contribution in [-0.4, -0.2) is 70.5 Å². The van der Waals surface area contributed by atoms with Crippen molar-refractivity contribution in [3.05, 3.63) is 41.2 Å². The zero-order valence-corrected chi connectivity index (χ0v) is 16.5. The van der Waals surface area contributed by atoms with E-state index in [0.29, 0.717) is 24.3 Å². The largest absolute Gasteiger partial charge is 0.481 e. The third-order valence-electron chi connectivity index (χ3n) is 4.35. The molecule has 0 fully saturated rings. The predicted molar refractivity (Wildman–Crippen MR) is 104 cm³/mol. The molecule has 13 nitrogen and oxygen atoms in total. The highest BCUT2D eigenvalue weighted by Gasteiger charge is 2.14. The Morgan fingerprint density at radius 3 is 2.81 bits per heavy atom. The number of aryl methyl sites for hydroxylation is 2. The summed E-state index contributed by atoms with van der Waals surface area (Å²) in [5.74, 6) is -1.38. The number of aliphatic hydroxyl groups is 1. The van der Waals surface area contributed by atoms with Crippen LogP contribution in [0.4, 0.5) is 0 Å². The highest BCUT2D eigenvalue weighted by molar-refractivity contribution is 5.69. The smallest absolute Gasteiger partial charge is 0.307 e. The van der Waals surface area contributed by atoms with Crippen molar-refractivity contribution in [3.8, 4) is 0 Å². The van der Waals surface area contributed by atoms with Gasteiger partial charge in [-0.25, -0.2) is 15.0 Å². The molecule has 0 aliphatic heterocycles. The number of aliphatic carboxylic acids is 1. The summed E-state index contributed by atoms with van der Waals surface area (Å²) in [5.41, 5.74) is 0.764. The second-order valence-corrected chi connectivity index (χ2v) is 6.65. The lowest BCUT2D eigenvalue weighted by Gasteiger charge is -2.16. The first-order chi connectivity index (χ1) is 15.0. The Labute approximate surface area is 175 Å². The van der Waals surface area contributed by atoms with Crippen LogP contribution in [0.5, 0.6) is 0 Å². The van der Waals surface area contributed by atoms with Crippen molar-refractivity contribution in [2.75, 3.05) is 13.2 Å². The number of aromatic nitrogens is 6. The average molecular weight is 434 g/mol. The number of hydrogen-bond acceptors (Lipinski definition) is 9. The molecule has 3 rings (SSSR count). The molecule has 31 heavy (non-hydrogen) atoms. The van der Waals surface area contributed by atoms with Gasteiger partial charge in [0.05, 0.1) is 44.1 Å². The lowest BCUT2D eigenvalue weighted by atomic mass is 10.2. The maximum absolute atomic E-state index is 12.0. The number of aromatic amines is 1. The van der Waals surface area contributed by atoms with E-state index < -0.39 is 18.0 Å². The molecule has 0 saturated heterocycles. The number of nitrogens with zero attached hydrogens (tertiary/aromatic N) is 5. The summed E-state index contributed by atoms with van der Waals surface area (Å²) < 4.78 is 13.8. The van der Waals surface area contributed by atoms with Crippen LogP contribution in [0, 0.1) is 0 Å². The van der Waals surface area contributed by atoms with E-state index in [4.69, 9.17) is 14.6 Å². The molecule has 3 N–H and O–H groups in total. The van der Waals surface area contributed by atoms with Gasteiger partial charge in [-0.2, -0.15) is 0 Å². The van der Waals surface area contributed by atoms with Crippen LogP contribution >= 0.6 is 0 Å². The number of fused-ring (bicyclic) bond motifs is 1. The summed E-state index contributed by atoms with van der Waals surface area (Å²) in [6.07, 6.45) is 5.47. The van der Waals surface area contributed by atoms with Crippen molar-refractivity contribution < 1.29 is 29.3 Å². The maximum atomic E-state index is 12.0. The second-order valence-electron chi connectivity index (χ2n) is 6.65. The minimum atomic E-state index is -0.898. The van der Waals surface area contributed by atoms with Gasteiger partial charge in [0.1, 0.15) is 19.4 Å². The molecule has 0 saturated carbocycles. The Morgan fingerprint density at radius 1 is 1.19 bits per heavy atom. The Balaban J connectivity index is 1.41. The molecule has 0 aliphatic carbocycles. The molecule has 0 spiro atoms. The first kappa shape index (κ1) is 22.1. The topological polar surface area (TPSA) is 174 Å². The molecule has 0 aliphatic rings. The van der Waals surface area contributed by atoms with Crippen LogP contribution in [0.2, 0.25) is 0 Å². The highest BCUT2D eigenvalue weighted by atomic mass is 16.6. The number of ether oxygens (including phenoxy) is 2. The molecule has 0 unspecified atom stereocenters. The van der Waals surface area contributed by atoms with Crippen LogP contribution in [-0.2, 0) is 38.8 Å². The van der Waals surface area contributed by atoms with Crippen LogP contribution in [0.25, 0.3) is 11.2 Å². The Morgan fingerprint density at radius 2 is 2.03 bits per heavy atom. The quantitative estimate of drug-likeness (QED) is 0.309. The third-order valence-corrected chi connectivity index (χ3v) is 4.35. The number of carbonyl (C=O) groups excluding carboxylic acids is 1. The first-order valence-corrected chi connectivity index (χ1v) is 9.45. The summed E-state index contributed by atoms with van der Waals surface area (Å²) in [5, 5.41) is 18.1. The molecule has 0 aromatic carbocycles. The highest BCUT2D eigenvalue weighted by Crippen LogP contribution is 2.06. The third kappa shape index (κ3) is 6.20. The molecular formula is C18H22N6O7. The number of imidazole rings is 2. The van der Waals surface area contributed by atoms with Gasteiger partial charge in [0, 0.05) is 19.2 Å². The van der Waals surface area contributed by atoms with Crippen molar-refractivity contribution in [3.63, 3.8) is 0 Å². The molecule has 0 bridgehead atoms. The van der Waals surface area contributed by atoms with Gasteiger partial charge in [-0.3, -0.25) is 19.0 Å². The Kier molecular flexibility index (Phi) is 7.45. The zero-order valence-electron chi connectivity index (χ0n) is 16.5. The number of esters is 1. The number of rotatable bonds is 12. The standard InChI is InChI=1S/C18H22N6O7/c25-6-13(31-11-24-10-22-16-17(24)19-8-20-18(16)29)7-30-15(28)3-4-23-5-12(21-9-23)1-2-14(26)27/h5,8-10,13,25H,1-4,6-7,11H2,(H,26,27)(H,19,20,29)/t13-/m1/s1. The molecule has 0 amide bonds. The molecule has 0 radical (unpaired) electrons. The van der Waals surface area contributed by atoms with Gasteiger partial charge in [-0.05, 0) is 0 Å². The molecule has 3 aromatic heterocycles. The zero-order chi connectivity index (χ0) is 22.2. The van der Waals surface area contributed by atoms with Gasteiger partial charge in [0.2, 0.25) is 0 Å². The van der Waals surface area contributed by atoms with E-state index in [-0.39, 0.29) is 43.9 Å². The monoisotopic (exact) mass is 434 g/mol. The van der Waals surface area contributed by atoms with Gasteiger partial charge < -0.3 is 29.2 Å². The maximum Gasteiger partial charge on any atom is 0.307 e. The number of carboxylic acid groups (broad SMARTS) is 1. The summed E-state index contributed by atoms with van der Waals surface area (Å²) in [6, 6.07) is 0. The van der Waals surface area contributed by atoms with Crippen molar-refractivity contribution in [1.82, 2.24) is 29.1 Å². The van der Waals surface area contributed by atoms with Crippen LogP contribution < -0.4 is 5.56 Å². The van der Waals surface area contributed by atoms with Crippen molar-refractivity contribution >= 4 is 23.1 Å². The van der Waals surface area contributed by atoms with E-state index in [1.165, 1.54) is 23.5 Å². The van der Waals surface area contributed by atoms with Crippen LogP contribution in [0.3, 0.4) is 0 Å². The van der Waals surface area contributed by atoms with Gasteiger partial charge in [-0.15, -0.1) is 0 Å². The van der Waals surface area contributed by atoms with E-state index >= 15 is 0 Å². The van der Waals surface area contributed by atoms with E-state index in [1.54, 1.807) is 10.8 Å². The fourth-order valence-electron chi connectivity index (χ4n) is 2.70. The average Bonchev–Trinajstić information content (AvgIpc) is 3.38. The number of carbonyl (C=O) groups is 2. The van der Waals surface area contributed by atoms with E-state index in [1.807, 2.05) is 0 Å². The normalized spacial score (nSPS) is 12.2. The predicted octanol–water partition coefficient (Wildman–Crippen LogP) is -0.698. The number of H-pyrrole nitrogens is 1. The summed E-state index contributed by atoms with van der Waals surface area (Å²) in [6.45, 7) is -0.235. The minimum absolute atomic E-state index is 0.0109. The molecule has 3 heterocycles. The molecular weight excluding hydrogens is 412 g/mol. The first-order valence-electron chi connectivity index (χ1n) is 9.45. The van der Waals surface area contributed by atoms with Crippen LogP contribution in [0.15, 0.2) is 30.0 Å².